The summed E-state index contributed by atoms with van der Waals surface area (Å²) >= 11 is 0. The normalized spacial score (nSPS) is 19.9. The van der Waals surface area contributed by atoms with Gasteiger partial charge in [0, 0.05) is 11.3 Å². The number of benzene rings is 2. The summed E-state index contributed by atoms with van der Waals surface area (Å²) in [6.45, 7) is 8.70. The van der Waals surface area contributed by atoms with Crippen LogP contribution in [-0.4, -0.2) is 0 Å². The average Bonchev–Trinajstić information content (AvgIpc) is 3.27. The maximum absolute atomic E-state index is 3.98. The molecular weight excluding hydrogens is 300 g/mol. The van der Waals surface area contributed by atoms with Crippen LogP contribution in [0.1, 0.15) is 48.8 Å². The summed E-state index contributed by atoms with van der Waals surface area (Å²) in [6.07, 6.45) is 12.2. The second kappa shape index (κ2) is 6.19. The van der Waals surface area contributed by atoms with E-state index in [4.69, 9.17) is 0 Å². The molecule has 0 bridgehead atoms. The van der Waals surface area contributed by atoms with E-state index in [2.05, 4.69) is 87.2 Å². The molecule has 2 aliphatic carbocycles. The van der Waals surface area contributed by atoms with E-state index in [1.807, 2.05) is 0 Å². The Labute approximate surface area is 151 Å². The molecule has 0 N–H and O–H groups in total. The van der Waals surface area contributed by atoms with Crippen molar-refractivity contribution in [3.63, 3.8) is 0 Å². The highest BCUT2D eigenvalue weighted by atomic mass is 14.5. The van der Waals surface area contributed by atoms with Gasteiger partial charge in [-0.1, -0.05) is 79.3 Å². The number of rotatable bonds is 5. The topological polar surface area (TPSA) is 0 Å². The molecule has 0 heterocycles. The van der Waals surface area contributed by atoms with Crippen LogP contribution >= 0.6 is 0 Å². The SMILES string of the molecule is C=CCCC(C)(C1=CC=CC1)C1c2ccccc2-c2c(C)cccc21. The molecule has 0 aromatic heterocycles. The molecule has 0 aliphatic heterocycles. The van der Waals surface area contributed by atoms with Gasteiger partial charge in [0.1, 0.15) is 0 Å². The first-order chi connectivity index (χ1) is 12.2. The quantitative estimate of drug-likeness (QED) is 0.521. The van der Waals surface area contributed by atoms with Crippen molar-refractivity contribution in [2.45, 2.75) is 39.0 Å². The van der Waals surface area contributed by atoms with Crippen molar-refractivity contribution in [3.05, 3.63) is 95.6 Å². The van der Waals surface area contributed by atoms with Crippen molar-refractivity contribution in [1.82, 2.24) is 0 Å². The Bertz CT molecular complexity index is 881. The number of fused-ring (bicyclic) bond motifs is 3. The highest BCUT2D eigenvalue weighted by molar-refractivity contribution is 5.82. The second-order valence-corrected chi connectivity index (χ2v) is 7.63. The van der Waals surface area contributed by atoms with Crippen molar-refractivity contribution in [1.29, 1.82) is 0 Å². The van der Waals surface area contributed by atoms with Crippen LogP contribution in [0.25, 0.3) is 11.1 Å². The molecule has 2 unspecified atom stereocenters. The predicted molar refractivity (Wildman–Crippen MR) is 108 cm³/mol. The van der Waals surface area contributed by atoms with Crippen LogP contribution in [0.3, 0.4) is 0 Å². The molecule has 4 rings (SSSR count). The average molecular weight is 326 g/mol. The number of aryl methyl sites for hydroxylation is 1. The van der Waals surface area contributed by atoms with Crippen LogP contribution in [0.4, 0.5) is 0 Å². The van der Waals surface area contributed by atoms with E-state index in [9.17, 15) is 0 Å². The van der Waals surface area contributed by atoms with Gasteiger partial charge in [0.2, 0.25) is 0 Å². The van der Waals surface area contributed by atoms with Gasteiger partial charge in [0.15, 0.2) is 0 Å². The number of hydrogen-bond acceptors (Lipinski definition) is 0. The summed E-state index contributed by atoms with van der Waals surface area (Å²) in [5.41, 5.74) is 8.94. The minimum atomic E-state index is 0.118. The molecule has 2 aliphatic rings. The van der Waals surface area contributed by atoms with Gasteiger partial charge < -0.3 is 0 Å². The van der Waals surface area contributed by atoms with Gasteiger partial charge in [-0.15, -0.1) is 6.58 Å². The smallest absolute Gasteiger partial charge is 0.0193 e. The van der Waals surface area contributed by atoms with Crippen molar-refractivity contribution >= 4 is 0 Å². The van der Waals surface area contributed by atoms with Crippen LogP contribution in [0, 0.1) is 12.3 Å². The number of allylic oxidation sites excluding steroid dienone is 5. The zero-order valence-electron chi connectivity index (χ0n) is 15.3. The van der Waals surface area contributed by atoms with Crippen LogP contribution in [0.15, 0.2) is 78.9 Å². The molecule has 0 saturated heterocycles. The molecule has 0 nitrogen and oxygen atoms in total. The van der Waals surface area contributed by atoms with E-state index < -0.39 is 0 Å². The Morgan fingerprint density at radius 2 is 1.92 bits per heavy atom. The Hall–Kier alpha value is -2.34. The van der Waals surface area contributed by atoms with Crippen molar-refractivity contribution in [2.75, 3.05) is 0 Å². The molecule has 2 atom stereocenters. The third kappa shape index (κ3) is 2.43. The maximum Gasteiger partial charge on any atom is 0.0193 e. The maximum atomic E-state index is 3.98. The molecular formula is C25H26. The van der Waals surface area contributed by atoms with Crippen LogP contribution in [0.2, 0.25) is 0 Å². The lowest BCUT2D eigenvalue weighted by atomic mass is 9.64. The first-order valence-corrected chi connectivity index (χ1v) is 9.32. The zero-order chi connectivity index (χ0) is 17.4. The fraction of sp³-hybridized carbons (Fsp3) is 0.280. The van der Waals surface area contributed by atoms with Crippen LogP contribution in [-0.2, 0) is 0 Å². The third-order valence-electron chi connectivity index (χ3n) is 6.17. The zero-order valence-corrected chi connectivity index (χ0v) is 15.3. The van der Waals surface area contributed by atoms with Crippen LogP contribution in [0.5, 0.6) is 0 Å². The van der Waals surface area contributed by atoms with E-state index >= 15 is 0 Å². The molecule has 0 heteroatoms. The predicted octanol–water partition coefficient (Wildman–Crippen LogP) is 6.97. The molecule has 0 saturated carbocycles. The van der Waals surface area contributed by atoms with Gasteiger partial charge in [0.05, 0.1) is 0 Å². The lowest BCUT2D eigenvalue weighted by Crippen LogP contribution is -2.27. The second-order valence-electron chi connectivity index (χ2n) is 7.63. The molecule has 0 amide bonds. The van der Waals surface area contributed by atoms with Gasteiger partial charge in [-0.05, 0) is 54.0 Å². The Balaban J connectivity index is 1.94. The highest BCUT2D eigenvalue weighted by Gasteiger charge is 2.44. The molecule has 0 fully saturated rings. The highest BCUT2D eigenvalue weighted by Crippen LogP contribution is 2.58. The first-order valence-electron chi connectivity index (χ1n) is 9.32. The fourth-order valence-corrected chi connectivity index (χ4v) is 4.89. The molecule has 2 aromatic rings. The molecule has 25 heavy (non-hydrogen) atoms. The van der Waals surface area contributed by atoms with E-state index in [1.165, 1.54) is 27.8 Å². The largest absolute Gasteiger partial charge is 0.103 e. The summed E-state index contributed by atoms with van der Waals surface area (Å²) in [7, 11) is 0. The Morgan fingerprint density at radius 3 is 2.68 bits per heavy atom. The third-order valence-corrected chi connectivity index (χ3v) is 6.17. The monoisotopic (exact) mass is 326 g/mol. The fourth-order valence-electron chi connectivity index (χ4n) is 4.89. The van der Waals surface area contributed by atoms with E-state index in [0.717, 1.165) is 19.3 Å². The van der Waals surface area contributed by atoms with Gasteiger partial charge in [-0.2, -0.15) is 0 Å². The van der Waals surface area contributed by atoms with Gasteiger partial charge in [-0.25, -0.2) is 0 Å². The lowest BCUT2D eigenvalue weighted by molar-refractivity contribution is 0.321. The van der Waals surface area contributed by atoms with Crippen LogP contribution < -0.4 is 0 Å². The first kappa shape index (κ1) is 16.1. The summed E-state index contributed by atoms with van der Waals surface area (Å²) in [4.78, 5) is 0. The Kier molecular flexibility index (Phi) is 4.00. The van der Waals surface area contributed by atoms with E-state index in [-0.39, 0.29) is 5.41 Å². The number of hydrogen-bond donors (Lipinski definition) is 0. The van der Waals surface area contributed by atoms with E-state index in [1.54, 1.807) is 5.57 Å². The van der Waals surface area contributed by atoms with Gasteiger partial charge >= 0.3 is 0 Å². The standard InChI is InChI=1S/C25H26/c1-4-5-17-25(3,19-12-6-7-13-19)24-21-15-9-8-14-20(21)23-18(2)11-10-16-22(23)24/h4,6-12,14-16,24H,1,5,13,17H2,2-3H3. The van der Waals surface area contributed by atoms with Crippen molar-refractivity contribution < 1.29 is 0 Å². The molecule has 0 radical (unpaired) electrons. The van der Waals surface area contributed by atoms with Crippen molar-refractivity contribution in [3.8, 4) is 11.1 Å². The molecule has 126 valence electrons. The minimum Gasteiger partial charge on any atom is -0.103 e. The summed E-state index contributed by atoms with van der Waals surface area (Å²) < 4.78 is 0. The lowest BCUT2D eigenvalue weighted by Gasteiger charge is -2.39. The minimum absolute atomic E-state index is 0.118. The van der Waals surface area contributed by atoms with Gasteiger partial charge in [-0.3, -0.25) is 0 Å². The molecule has 2 aromatic carbocycles. The molecule has 0 spiro atoms. The summed E-state index contributed by atoms with van der Waals surface area (Å²) in [6, 6.07) is 15.8. The Morgan fingerprint density at radius 1 is 1.12 bits per heavy atom. The van der Waals surface area contributed by atoms with Gasteiger partial charge in [0.25, 0.3) is 0 Å². The summed E-state index contributed by atoms with van der Waals surface area (Å²) in [5.74, 6) is 0.421. The van der Waals surface area contributed by atoms with Crippen molar-refractivity contribution in [2.24, 2.45) is 5.41 Å². The van der Waals surface area contributed by atoms with E-state index in [0.29, 0.717) is 5.92 Å². The summed E-state index contributed by atoms with van der Waals surface area (Å²) in [5, 5.41) is 0.